The van der Waals surface area contributed by atoms with Gasteiger partial charge in [-0.05, 0) is 29.8 Å². The monoisotopic (exact) mass is 462 g/mol. The molecule has 0 bridgehead atoms. The molecule has 7 nitrogen and oxygen atoms in total. The Morgan fingerprint density at radius 1 is 1.23 bits per heavy atom. The minimum absolute atomic E-state index is 0.0345. The second-order valence-electron chi connectivity index (χ2n) is 6.19. The van der Waals surface area contributed by atoms with Crippen LogP contribution in [0.3, 0.4) is 0 Å². The van der Waals surface area contributed by atoms with Crippen LogP contribution < -0.4 is 5.32 Å². The fourth-order valence-corrected chi connectivity index (χ4v) is 4.14. The number of halogens is 1. The van der Waals surface area contributed by atoms with Crippen molar-refractivity contribution in [1.29, 1.82) is 0 Å². The molecule has 0 spiro atoms. The van der Waals surface area contributed by atoms with Gasteiger partial charge in [0.2, 0.25) is 5.91 Å². The standard InChI is InChI=1S/C20H15ClN2O5S2/c21-14-4-2-1-3-11(14)9-16-18(26)23(20(29)30-16)8-7-17(25)22-12-5-6-13(19(27)28)15(24)10-12/h1-6,9-10,24H,7-8H2,(H,22,25)(H,27,28). The number of anilines is 1. The molecule has 10 heteroatoms. The molecule has 2 aromatic rings. The predicted molar refractivity (Wildman–Crippen MR) is 120 cm³/mol. The molecule has 3 rings (SSSR count). The van der Waals surface area contributed by atoms with Crippen molar-refractivity contribution in [2.75, 3.05) is 11.9 Å². The zero-order chi connectivity index (χ0) is 21.8. The summed E-state index contributed by atoms with van der Waals surface area (Å²) in [6.45, 7) is 0.0789. The van der Waals surface area contributed by atoms with Crippen molar-refractivity contribution in [1.82, 2.24) is 4.90 Å². The van der Waals surface area contributed by atoms with Crippen molar-refractivity contribution < 1.29 is 24.6 Å². The Hall–Kier alpha value is -2.88. The number of hydrogen-bond donors (Lipinski definition) is 3. The highest BCUT2D eigenvalue weighted by Gasteiger charge is 2.32. The quantitative estimate of drug-likeness (QED) is 0.440. The van der Waals surface area contributed by atoms with E-state index < -0.39 is 17.6 Å². The van der Waals surface area contributed by atoms with E-state index in [1.54, 1.807) is 24.3 Å². The van der Waals surface area contributed by atoms with Gasteiger partial charge in [-0.2, -0.15) is 0 Å². The number of phenols is 1. The molecular weight excluding hydrogens is 448 g/mol. The highest BCUT2D eigenvalue weighted by molar-refractivity contribution is 8.26. The van der Waals surface area contributed by atoms with Gasteiger partial charge in [0.1, 0.15) is 15.6 Å². The van der Waals surface area contributed by atoms with Gasteiger partial charge in [0.05, 0.1) is 4.91 Å². The third kappa shape index (κ3) is 4.99. The van der Waals surface area contributed by atoms with Gasteiger partial charge in [-0.25, -0.2) is 4.79 Å². The molecular formula is C20H15ClN2O5S2. The van der Waals surface area contributed by atoms with Crippen LogP contribution in [0.15, 0.2) is 47.4 Å². The fourth-order valence-electron chi connectivity index (χ4n) is 2.65. The van der Waals surface area contributed by atoms with E-state index >= 15 is 0 Å². The van der Waals surface area contributed by atoms with Crippen molar-refractivity contribution in [3.63, 3.8) is 0 Å². The molecule has 1 aliphatic heterocycles. The minimum Gasteiger partial charge on any atom is -0.507 e. The van der Waals surface area contributed by atoms with Gasteiger partial charge in [-0.3, -0.25) is 14.5 Å². The Bertz CT molecular complexity index is 1090. The first kappa shape index (κ1) is 21.8. The number of carbonyl (C=O) groups is 3. The molecule has 30 heavy (non-hydrogen) atoms. The van der Waals surface area contributed by atoms with Gasteiger partial charge in [-0.1, -0.05) is 53.8 Å². The van der Waals surface area contributed by atoms with Crippen molar-refractivity contribution in [2.24, 2.45) is 0 Å². The van der Waals surface area contributed by atoms with Crippen molar-refractivity contribution in [2.45, 2.75) is 6.42 Å². The number of thioether (sulfide) groups is 1. The second-order valence-corrected chi connectivity index (χ2v) is 8.27. The fraction of sp³-hybridized carbons (Fsp3) is 0.100. The molecule has 0 radical (unpaired) electrons. The molecule has 3 N–H and O–H groups in total. The summed E-state index contributed by atoms with van der Waals surface area (Å²) in [6, 6.07) is 10.8. The number of carbonyl (C=O) groups excluding carboxylic acids is 2. The lowest BCUT2D eigenvalue weighted by atomic mass is 10.2. The third-order valence-corrected chi connectivity index (χ3v) is 5.86. The van der Waals surface area contributed by atoms with E-state index in [0.29, 0.717) is 19.8 Å². The summed E-state index contributed by atoms with van der Waals surface area (Å²) in [7, 11) is 0. The lowest BCUT2D eigenvalue weighted by molar-refractivity contribution is -0.122. The van der Waals surface area contributed by atoms with Gasteiger partial charge in [-0.15, -0.1) is 0 Å². The van der Waals surface area contributed by atoms with Crippen LogP contribution in [-0.4, -0.2) is 43.8 Å². The van der Waals surface area contributed by atoms with Crippen LogP contribution in [0.2, 0.25) is 5.02 Å². The van der Waals surface area contributed by atoms with Gasteiger partial charge >= 0.3 is 5.97 Å². The summed E-state index contributed by atoms with van der Waals surface area (Å²) in [4.78, 5) is 37.5. The number of rotatable bonds is 6. The Kier molecular flexibility index (Phi) is 6.76. The van der Waals surface area contributed by atoms with Crippen LogP contribution in [0.25, 0.3) is 6.08 Å². The smallest absolute Gasteiger partial charge is 0.339 e. The molecule has 0 saturated carbocycles. The minimum atomic E-state index is -1.27. The summed E-state index contributed by atoms with van der Waals surface area (Å²) in [5.41, 5.74) is 0.671. The zero-order valence-corrected chi connectivity index (χ0v) is 17.7. The van der Waals surface area contributed by atoms with E-state index in [-0.39, 0.29) is 30.1 Å². The van der Waals surface area contributed by atoms with E-state index in [9.17, 15) is 19.5 Å². The van der Waals surface area contributed by atoms with Crippen LogP contribution in [0.4, 0.5) is 5.69 Å². The molecule has 154 valence electrons. The maximum atomic E-state index is 12.6. The summed E-state index contributed by atoms with van der Waals surface area (Å²) >= 11 is 12.5. The van der Waals surface area contributed by atoms with Gasteiger partial charge < -0.3 is 15.5 Å². The average Bonchev–Trinajstić information content (AvgIpc) is 2.94. The molecule has 0 aromatic heterocycles. The molecule has 1 fully saturated rings. The Balaban J connectivity index is 1.61. The molecule has 2 aromatic carbocycles. The predicted octanol–water partition coefficient (Wildman–Crippen LogP) is 3.97. The topological polar surface area (TPSA) is 107 Å². The molecule has 1 aliphatic rings. The first-order valence-corrected chi connectivity index (χ1v) is 10.2. The Labute approximate surface area is 186 Å². The Morgan fingerprint density at radius 3 is 2.63 bits per heavy atom. The maximum absolute atomic E-state index is 12.6. The molecule has 0 unspecified atom stereocenters. The zero-order valence-electron chi connectivity index (χ0n) is 15.3. The lowest BCUT2D eigenvalue weighted by Gasteiger charge is -2.14. The largest absolute Gasteiger partial charge is 0.507 e. The van der Waals surface area contributed by atoms with Crippen LogP contribution in [0, 0.1) is 0 Å². The maximum Gasteiger partial charge on any atom is 0.339 e. The van der Waals surface area contributed by atoms with E-state index in [4.69, 9.17) is 28.9 Å². The summed E-state index contributed by atoms with van der Waals surface area (Å²) in [6.07, 6.45) is 1.63. The molecule has 2 amide bonds. The van der Waals surface area contributed by atoms with Gasteiger partial charge in [0.25, 0.3) is 5.91 Å². The Morgan fingerprint density at radius 2 is 1.97 bits per heavy atom. The van der Waals surface area contributed by atoms with Crippen molar-refractivity contribution in [3.8, 4) is 5.75 Å². The van der Waals surface area contributed by atoms with E-state index in [1.165, 1.54) is 17.0 Å². The highest BCUT2D eigenvalue weighted by Crippen LogP contribution is 2.33. The number of carboxylic acids is 1. The number of nitrogens with one attached hydrogen (secondary N) is 1. The highest BCUT2D eigenvalue weighted by atomic mass is 35.5. The van der Waals surface area contributed by atoms with Crippen molar-refractivity contribution in [3.05, 3.63) is 63.5 Å². The molecule has 1 saturated heterocycles. The number of aromatic hydroxyl groups is 1. The summed E-state index contributed by atoms with van der Waals surface area (Å²) in [5, 5.41) is 21.7. The van der Waals surface area contributed by atoms with Crippen molar-refractivity contribution >= 4 is 69.4 Å². The number of thiocarbonyl (C=S) groups is 1. The van der Waals surface area contributed by atoms with Crippen LogP contribution >= 0.6 is 35.6 Å². The first-order valence-electron chi connectivity index (χ1n) is 8.62. The molecule has 1 heterocycles. The number of aromatic carboxylic acids is 1. The van der Waals surface area contributed by atoms with E-state index in [2.05, 4.69) is 5.32 Å². The van der Waals surface area contributed by atoms with Crippen LogP contribution in [-0.2, 0) is 9.59 Å². The normalized spacial score (nSPS) is 15.0. The summed E-state index contributed by atoms with van der Waals surface area (Å²) in [5.74, 6) is -2.45. The van der Waals surface area contributed by atoms with Crippen LogP contribution in [0.1, 0.15) is 22.3 Å². The summed E-state index contributed by atoms with van der Waals surface area (Å²) < 4.78 is 0.342. The van der Waals surface area contributed by atoms with Gasteiger partial charge in [0, 0.05) is 29.7 Å². The lowest BCUT2D eigenvalue weighted by Crippen LogP contribution is -2.31. The first-order chi connectivity index (χ1) is 14.3. The number of nitrogens with zero attached hydrogens (tertiary/aromatic N) is 1. The van der Waals surface area contributed by atoms with E-state index in [0.717, 1.165) is 17.8 Å². The van der Waals surface area contributed by atoms with E-state index in [1.807, 2.05) is 6.07 Å². The van der Waals surface area contributed by atoms with Crippen LogP contribution in [0.5, 0.6) is 5.75 Å². The number of benzene rings is 2. The third-order valence-electron chi connectivity index (χ3n) is 4.14. The van der Waals surface area contributed by atoms with Gasteiger partial charge in [0.15, 0.2) is 0 Å². The average molecular weight is 463 g/mol. The SMILES string of the molecule is O=C(CCN1C(=O)C(=Cc2ccccc2Cl)SC1=S)Nc1ccc(C(=O)O)c(O)c1. The molecule has 0 atom stereocenters. The number of hydrogen-bond acceptors (Lipinski definition) is 6. The number of carboxylic acid groups (broad SMARTS) is 1. The second kappa shape index (κ2) is 9.29. The number of amides is 2. The molecule has 0 aliphatic carbocycles.